The lowest BCUT2D eigenvalue weighted by atomic mass is 9.94. The number of nitrogens with two attached hydrogens (primary N) is 1. The van der Waals surface area contributed by atoms with Crippen LogP contribution in [0.2, 0.25) is 5.02 Å². The van der Waals surface area contributed by atoms with Crippen LogP contribution in [0, 0.1) is 0 Å². The first kappa shape index (κ1) is 22.7. The van der Waals surface area contributed by atoms with Crippen molar-refractivity contribution in [2.45, 2.75) is 30.9 Å². The van der Waals surface area contributed by atoms with E-state index in [-0.39, 0.29) is 18.3 Å². The number of rotatable bonds is 8. The summed E-state index contributed by atoms with van der Waals surface area (Å²) in [4.78, 5) is 24.7. The number of halogens is 1. The second-order valence-electron chi connectivity index (χ2n) is 7.26. The molecule has 0 saturated carbocycles. The largest absolute Gasteiger partial charge is 0.394 e. The fraction of sp³-hybridized carbons (Fsp3) is 0.333. The van der Waals surface area contributed by atoms with Gasteiger partial charge in [0.1, 0.15) is 0 Å². The maximum absolute atomic E-state index is 11.7. The molecule has 2 aromatic carbocycles. The number of aromatic nitrogens is 3. The van der Waals surface area contributed by atoms with Gasteiger partial charge in [-0.15, -0.1) is 0 Å². The van der Waals surface area contributed by atoms with Gasteiger partial charge in [-0.1, -0.05) is 41.6 Å². The molecule has 0 radical (unpaired) electrons. The smallest absolute Gasteiger partial charge is 0.224 e. The van der Waals surface area contributed by atoms with Gasteiger partial charge in [0.05, 0.1) is 37.4 Å². The molecule has 1 aliphatic heterocycles. The van der Waals surface area contributed by atoms with Gasteiger partial charge >= 0.3 is 0 Å². The Labute approximate surface area is 193 Å². The Morgan fingerprint density at radius 3 is 2.91 bits per heavy atom. The number of thioether (sulfide) groups is 1. The number of ether oxygens (including phenoxy) is 1. The average Bonchev–Trinajstić information content (AvgIpc) is 2.76. The third kappa shape index (κ3) is 4.94. The molecule has 2 heterocycles. The molecule has 0 bridgehead atoms. The second kappa shape index (κ2) is 9.97. The van der Waals surface area contributed by atoms with Crippen molar-refractivity contribution < 1.29 is 19.7 Å². The van der Waals surface area contributed by atoms with E-state index in [9.17, 15) is 9.90 Å². The van der Waals surface area contributed by atoms with Crippen LogP contribution in [-0.2, 0) is 22.7 Å². The molecule has 1 unspecified atom stereocenters. The Kier molecular flexibility index (Phi) is 7.07. The molecule has 0 fully saturated rings. The van der Waals surface area contributed by atoms with E-state index in [0.29, 0.717) is 47.1 Å². The van der Waals surface area contributed by atoms with Crippen LogP contribution in [0.15, 0.2) is 29.4 Å². The quantitative estimate of drug-likeness (QED) is 0.283. The van der Waals surface area contributed by atoms with Crippen LogP contribution >= 0.6 is 23.4 Å². The Hall–Kier alpha value is -2.50. The van der Waals surface area contributed by atoms with Crippen molar-refractivity contribution >= 4 is 46.0 Å². The minimum atomic E-state index is -1.06. The molecule has 1 atom stereocenters. The summed E-state index contributed by atoms with van der Waals surface area (Å²) in [7, 11) is 0. The lowest BCUT2D eigenvalue weighted by Gasteiger charge is -2.20. The molecule has 4 rings (SSSR count). The Bertz CT molecular complexity index is 1160. The molecule has 0 saturated heterocycles. The highest BCUT2D eigenvalue weighted by molar-refractivity contribution is 7.99. The van der Waals surface area contributed by atoms with E-state index >= 15 is 0 Å². The van der Waals surface area contributed by atoms with E-state index in [1.165, 1.54) is 11.8 Å². The predicted octanol–water partition coefficient (Wildman–Crippen LogP) is 1.91. The number of nitrogens with zero attached hydrogens (tertiary/aromatic N) is 3. The van der Waals surface area contributed by atoms with Gasteiger partial charge in [0.2, 0.25) is 11.9 Å². The number of anilines is 1. The van der Waals surface area contributed by atoms with Crippen molar-refractivity contribution in [1.29, 1.82) is 0 Å². The number of nitrogen functional groups attached to an aromatic ring is 1. The molecule has 1 aromatic heterocycles. The number of aliphatic hydroxyl groups is 2. The highest BCUT2D eigenvalue weighted by Crippen LogP contribution is 2.39. The van der Waals surface area contributed by atoms with Crippen LogP contribution in [0.3, 0.4) is 0 Å². The molecule has 3 aromatic rings. The third-order valence-corrected chi connectivity index (χ3v) is 6.09. The van der Waals surface area contributed by atoms with Crippen molar-refractivity contribution in [3.63, 3.8) is 0 Å². The van der Waals surface area contributed by atoms with Crippen molar-refractivity contribution in [1.82, 2.24) is 20.3 Å². The first-order chi connectivity index (χ1) is 15.5. The number of hydrogen-bond donors (Lipinski definition) is 4. The van der Waals surface area contributed by atoms with E-state index in [1.807, 2.05) is 24.3 Å². The van der Waals surface area contributed by atoms with E-state index in [4.69, 9.17) is 27.2 Å². The Balaban J connectivity index is 1.55. The summed E-state index contributed by atoms with van der Waals surface area (Å²) in [5.74, 6) is 0.601. The summed E-state index contributed by atoms with van der Waals surface area (Å²) in [6, 6.07) is 7.84. The molecule has 168 valence electrons. The van der Waals surface area contributed by atoms with Gasteiger partial charge < -0.3 is 26.0 Å². The molecule has 9 nitrogen and oxygen atoms in total. The molecule has 0 aliphatic carbocycles. The van der Waals surface area contributed by atoms with Crippen molar-refractivity contribution in [3.05, 3.63) is 40.4 Å². The minimum Gasteiger partial charge on any atom is -0.394 e. The average molecular weight is 476 g/mol. The van der Waals surface area contributed by atoms with Gasteiger partial charge in [-0.3, -0.25) is 4.79 Å². The summed E-state index contributed by atoms with van der Waals surface area (Å²) in [6.45, 7) is 0.911. The van der Waals surface area contributed by atoms with Gasteiger partial charge in [-0.05, 0) is 28.0 Å². The van der Waals surface area contributed by atoms with Crippen LogP contribution in [0.25, 0.3) is 22.2 Å². The maximum atomic E-state index is 11.7. The molecule has 11 heteroatoms. The monoisotopic (exact) mass is 475 g/mol. The van der Waals surface area contributed by atoms with E-state index in [0.717, 1.165) is 21.9 Å². The summed E-state index contributed by atoms with van der Waals surface area (Å²) < 4.78 is 5.64. The maximum Gasteiger partial charge on any atom is 0.224 e. The van der Waals surface area contributed by atoms with E-state index in [1.54, 1.807) is 0 Å². The number of carbonyl (C=O) groups excluding carboxylic acids is 1. The van der Waals surface area contributed by atoms with Gasteiger partial charge in [-0.2, -0.15) is 9.97 Å². The zero-order valence-electron chi connectivity index (χ0n) is 17.0. The molecular formula is C21H22ClN5O4S. The Morgan fingerprint density at radius 2 is 2.09 bits per heavy atom. The Morgan fingerprint density at radius 1 is 1.28 bits per heavy atom. The number of carbonyl (C=O) groups is 1. The van der Waals surface area contributed by atoms with Crippen LogP contribution < -0.4 is 11.1 Å². The summed E-state index contributed by atoms with van der Waals surface area (Å²) in [6.07, 6.45) is -1.22. The predicted molar refractivity (Wildman–Crippen MR) is 122 cm³/mol. The SMILES string of the molecule is Nc1nc(SCCNC(=O)CC(O)CO)nc(-c2c(Cl)cc3c4c(cccc24)COC3)n1. The molecule has 0 spiro atoms. The van der Waals surface area contributed by atoms with Crippen LogP contribution in [0.4, 0.5) is 5.95 Å². The van der Waals surface area contributed by atoms with Crippen molar-refractivity contribution in [2.75, 3.05) is 24.6 Å². The first-order valence-corrected chi connectivity index (χ1v) is 11.3. The lowest BCUT2D eigenvalue weighted by molar-refractivity contribution is -0.123. The highest BCUT2D eigenvalue weighted by Gasteiger charge is 2.21. The van der Waals surface area contributed by atoms with Gasteiger partial charge in [0, 0.05) is 17.9 Å². The molecule has 1 aliphatic rings. The summed E-state index contributed by atoms with van der Waals surface area (Å²) in [5.41, 5.74) is 8.75. The fourth-order valence-electron chi connectivity index (χ4n) is 3.58. The van der Waals surface area contributed by atoms with Crippen LogP contribution in [-0.4, -0.2) is 56.1 Å². The van der Waals surface area contributed by atoms with Crippen molar-refractivity contribution in [3.8, 4) is 11.4 Å². The second-order valence-corrected chi connectivity index (χ2v) is 8.73. The number of nitrogens with one attached hydrogen (secondary N) is 1. The normalized spacial score (nSPS) is 13.8. The van der Waals surface area contributed by atoms with E-state index in [2.05, 4.69) is 20.3 Å². The minimum absolute atomic E-state index is 0.0764. The molecule has 5 N–H and O–H groups in total. The zero-order valence-corrected chi connectivity index (χ0v) is 18.6. The van der Waals surface area contributed by atoms with Crippen LogP contribution in [0.1, 0.15) is 17.5 Å². The zero-order chi connectivity index (χ0) is 22.7. The standard InChI is InChI=1S/C21H22ClN5O4S/c22-15-6-12-10-31-9-11-2-1-3-14(17(11)12)18(15)19-25-20(23)27-21(26-19)32-5-4-24-16(30)7-13(29)8-28/h1-3,6,13,28-29H,4-5,7-10H2,(H,24,30)(H2,23,25,26,27). The number of amides is 1. The van der Waals surface area contributed by atoms with Gasteiger partial charge in [0.25, 0.3) is 0 Å². The first-order valence-electron chi connectivity index (χ1n) is 9.97. The number of benzene rings is 2. The highest BCUT2D eigenvalue weighted by atomic mass is 35.5. The summed E-state index contributed by atoms with van der Waals surface area (Å²) >= 11 is 7.94. The van der Waals surface area contributed by atoms with Crippen LogP contribution in [0.5, 0.6) is 0 Å². The third-order valence-electron chi connectivity index (χ3n) is 4.94. The molecule has 1 amide bonds. The number of aliphatic hydroxyl groups excluding tert-OH is 2. The van der Waals surface area contributed by atoms with Gasteiger partial charge in [0.15, 0.2) is 11.0 Å². The fourth-order valence-corrected chi connectivity index (χ4v) is 4.59. The number of hydrogen-bond acceptors (Lipinski definition) is 9. The molecular weight excluding hydrogens is 454 g/mol. The lowest BCUT2D eigenvalue weighted by Crippen LogP contribution is -2.30. The summed E-state index contributed by atoms with van der Waals surface area (Å²) in [5, 5.41) is 23.7. The van der Waals surface area contributed by atoms with E-state index < -0.39 is 12.7 Å². The van der Waals surface area contributed by atoms with Crippen molar-refractivity contribution in [2.24, 2.45) is 0 Å². The van der Waals surface area contributed by atoms with Gasteiger partial charge in [-0.25, -0.2) is 4.98 Å². The topological polar surface area (TPSA) is 143 Å². The molecule has 32 heavy (non-hydrogen) atoms.